The third-order valence-electron chi connectivity index (χ3n) is 1.22. The molecule has 0 fully saturated rings. The number of nitrogens with one attached hydrogen (secondary N) is 2. The highest BCUT2D eigenvalue weighted by Gasteiger charge is 1.96. The Morgan fingerprint density at radius 3 is 2.58 bits per heavy atom. The van der Waals surface area contributed by atoms with Gasteiger partial charge in [0.25, 0.3) is 0 Å². The number of hydrogen-bond acceptors (Lipinski definition) is 1. The van der Waals surface area contributed by atoms with Crippen LogP contribution in [0.25, 0.3) is 0 Å². The lowest BCUT2D eigenvalue weighted by atomic mass is 10.3. The number of carbonyl (C=O) groups is 1. The predicted molar refractivity (Wildman–Crippen MR) is 47.4 cm³/mol. The van der Waals surface area contributed by atoms with Crippen molar-refractivity contribution in [3.63, 3.8) is 0 Å². The van der Waals surface area contributed by atoms with Crippen LogP contribution < -0.4 is 10.6 Å². The normalized spacial score (nSPS) is 8.25. The molecule has 3 nitrogen and oxygen atoms in total. The van der Waals surface area contributed by atoms with Crippen LogP contribution in [0.15, 0.2) is 30.3 Å². The van der Waals surface area contributed by atoms with Gasteiger partial charge in [0, 0.05) is 11.7 Å². The van der Waals surface area contributed by atoms with Crippen LogP contribution >= 0.6 is 0 Å². The van der Waals surface area contributed by atoms with Crippen molar-refractivity contribution in [2.75, 3.05) is 5.32 Å². The van der Waals surface area contributed by atoms with E-state index in [0.29, 0.717) is 5.69 Å². The van der Waals surface area contributed by atoms with Gasteiger partial charge in [-0.3, -0.25) is 5.32 Å². The van der Waals surface area contributed by atoms with Gasteiger partial charge in [-0.15, -0.1) is 0 Å². The fraction of sp³-hybridized carbons (Fsp3) is 0. The molecule has 0 saturated carbocycles. The smallest absolute Gasteiger partial charge is 0.307 e. The topological polar surface area (TPSA) is 41.1 Å². The van der Waals surface area contributed by atoms with Gasteiger partial charge in [-0.2, -0.15) is 0 Å². The number of hydrogen-bond donors (Lipinski definition) is 2. The van der Waals surface area contributed by atoms with Gasteiger partial charge in [0.2, 0.25) is 0 Å². The van der Waals surface area contributed by atoms with Crippen molar-refractivity contribution in [3.05, 3.63) is 30.3 Å². The number of anilines is 1. The van der Waals surface area contributed by atoms with Crippen LogP contribution in [0, 0.1) is 12.5 Å². The summed E-state index contributed by atoms with van der Waals surface area (Å²) in [5, 5.41) is 4.72. The monoisotopic (exact) mass is 160 g/mol. The van der Waals surface area contributed by atoms with Gasteiger partial charge in [0.15, 0.2) is 0 Å². The number of terminal acetylenes is 1. The molecule has 0 atom stereocenters. The molecular weight excluding hydrogens is 152 g/mol. The fourth-order valence-corrected chi connectivity index (χ4v) is 0.749. The Bertz CT molecular complexity index is 300. The Kier molecular flexibility index (Phi) is 2.74. The quantitative estimate of drug-likeness (QED) is 0.473. The molecule has 2 amide bonds. The van der Waals surface area contributed by atoms with E-state index in [-0.39, 0.29) is 0 Å². The molecule has 0 aliphatic heterocycles. The number of carbonyl (C=O) groups excluding carboxylic acids is 1. The van der Waals surface area contributed by atoms with Gasteiger partial charge in [-0.05, 0) is 12.1 Å². The summed E-state index contributed by atoms with van der Waals surface area (Å²) in [6.07, 6.45) is 4.86. The minimum absolute atomic E-state index is 0.399. The molecule has 1 aromatic carbocycles. The van der Waals surface area contributed by atoms with Crippen molar-refractivity contribution in [2.45, 2.75) is 0 Å². The van der Waals surface area contributed by atoms with E-state index in [1.807, 2.05) is 24.2 Å². The number of rotatable bonds is 1. The first-order valence-electron chi connectivity index (χ1n) is 3.40. The molecule has 60 valence electrons. The van der Waals surface area contributed by atoms with Gasteiger partial charge in [0.1, 0.15) is 0 Å². The van der Waals surface area contributed by atoms with Crippen molar-refractivity contribution < 1.29 is 4.79 Å². The molecular formula is C9H8N2O. The summed E-state index contributed by atoms with van der Waals surface area (Å²) in [5.74, 6) is 0. The first-order chi connectivity index (χ1) is 5.83. The minimum Gasteiger partial charge on any atom is -0.307 e. The molecule has 1 aromatic rings. The van der Waals surface area contributed by atoms with Gasteiger partial charge in [-0.1, -0.05) is 24.6 Å². The summed E-state index contributed by atoms with van der Waals surface area (Å²) in [4.78, 5) is 10.8. The van der Waals surface area contributed by atoms with Crippen LogP contribution in [0.2, 0.25) is 0 Å². The molecule has 0 aliphatic rings. The molecule has 12 heavy (non-hydrogen) atoms. The molecule has 3 heteroatoms. The molecule has 0 spiro atoms. The van der Waals surface area contributed by atoms with E-state index in [1.165, 1.54) is 0 Å². The molecule has 2 N–H and O–H groups in total. The number of benzene rings is 1. The molecule has 0 radical (unpaired) electrons. The molecule has 0 bridgehead atoms. The highest BCUT2D eigenvalue weighted by molar-refractivity contribution is 5.90. The van der Waals surface area contributed by atoms with Crippen LogP contribution in [0.3, 0.4) is 0 Å². The zero-order valence-electron chi connectivity index (χ0n) is 6.37. The van der Waals surface area contributed by atoms with E-state index < -0.39 is 6.03 Å². The Hall–Kier alpha value is -1.95. The van der Waals surface area contributed by atoms with Crippen LogP contribution in [0.5, 0.6) is 0 Å². The van der Waals surface area contributed by atoms with Crippen LogP contribution in [-0.2, 0) is 0 Å². The summed E-state index contributed by atoms with van der Waals surface area (Å²) in [5.41, 5.74) is 0.713. The molecule has 0 aromatic heterocycles. The van der Waals surface area contributed by atoms with E-state index in [0.717, 1.165) is 0 Å². The van der Waals surface area contributed by atoms with Gasteiger partial charge >= 0.3 is 6.03 Å². The fourth-order valence-electron chi connectivity index (χ4n) is 0.749. The number of urea groups is 1. The van der Waals surface area contributed by atoms with Crippen molar-refractivity contribution in [2.24, 2.45) is 0 Å². The Morgan fingerprint density at radius 1 is 1.33 bits per heavy atom. The third kappa shape index (κ3) is 2.35. The molecule has 0 aliphatic carbocycles. The van der Waals surface area contributed by atoms with Crippen LogP contribution in [0.4, 0.5) is 10.5 Å². The van der Waals surface area contributed by atoms with Gasteiger partial charge < -0.3 is 5.32 Å². The maximum atomic E-state index is 10.8. The van der Waals surface area contributed by atoms with E-state index in [2.05, 4.69) is 10.6 Å². The van der Waals surface area contributed by atoms with Crippen molar-refractivity contribution >= 4 is 11.7 Å². The molecule has 1 rings (SSSR count). The van der Waals surface area contributed by atoms with Crippen molar-refractivity contribution in [1.29, 1.82) is 0 Å². The lowest BCUT2D eigenvalue weighted by Crippen LogP contribution is -2.23. The zero-order valence-corrected chi connectivity index (χ0v) is 6.37. The third-order valence-corrected chi connectivity index (χ3v) is 1.22. The van der Waals surface area contributed by atoms with E-state index >= 15 is 0 Å². The maximum Gasteiger partial charge on any atom is 0.330 e. The highest BCUT2D eigenvalue weighted by atomic mass is 16.2. The second kappa shape index (κ2) is 4.04. The van der Waals surface area contributed by atoms with E-state index in [9.17, 15) is 4.79 Å². The highest BCUT2D eigenvalue weighted by Crippen LogP contribution is 2.03. The van der Waals surface area contributed by atoms with Crippen LogP contribution in [-0.4, -0.2) is 6.03 Å². The first kappa shape index (κ1) is 8.15. The second-order valence-electron chi connectivity index (χ2n) is 2.09. The molecule has 0 saturated heterocycles. The second-order valence-corrected chi connectivity index (χ2v) is 2.09. The average molecular weight is 160 g/mol. The summed E-state index contributed by atoms with van der Waals surface area (Å²) in [7, 11) is 0. The summed E-state index contributed by atoms with van der Waals surface area (Å²) < 4.78 is 0. The average Bonchev–Trinajstić information content (AvgIpc) is 2.06. The minimum atomic E-state index is -0.399. The Morgan fingerprint density at radius 2 is 2.00 bits per heavy atom. The number of amides is 2. The van der Waals surface area contributed by atoms with Crippen molar-refractivity contribution in [1.82, 2.24) is 5.32 Å². The van der Waals surface area contributed by atoms with Crippen molar-refractivity contribution in [3.8, 4) is 12.5 Å². The summed E-state index contributed by atoms with van der Waals surface area (Å²) >= 11 is 0. The van der Waals surface area contributed by atoms with E-state index in [1.54, 1.807) is 12.1 Å². The summed E-state index contributed by atoms with van der Waals surface area (Å²) in [6, 6.07) is 10.7. The van der Waals surface area contributed by atoms with Gasteiger partial charge in [-0.25, -0.2) is 4.79 Å². The van der Waals surface area contributed by atoms with Gasteiger partial charge in [0.05, 0.1) is 0 Å². The van der Waals surface area contributed by atoms with Crippen LogP contribution in [0.1, 0.15) is 0 Å². The molecule has 0 unspecified atom stereocenters. The maximum absolute atomic E-state index is 10.8. The largest absolute Gasteiger partial charge is 0.330 e. The number of para-hydroxylation sites is 1. The SMILES string of the molecule is C#CNC(=O)Nc1ccccc1. The lowest BCUT2D eigenvalue weighted by Gasteiger charge is -2.01. The Labute approximate surface area is 70.8 Å². The first-order valence-corrected chi connectivity index (χ1v) is 3.40. The van der Waals surface area contributed by atoms with E-state index in [4.69, 9.17) is 6.42 Å². The summed E-state index contributed by atoms with van der Waals surface area (Å²) in [6.45, 7) is 0. The Balaban J connectivity index is 2.54. The zero-order chi connectivity index (χ0) is 8.81. The predicted octanol–water partition coefficient (Wildman–Crippen LogP) is 1.40. The lowest BCUT2D eigenvalue weighted by molar-refractivity contribution is 0.255. The standard InChI is InChI=1S/C9H8N2O/c1-2-10-9(12)11-8-6-4-3-5-7-8/h1,3-7H,(H2,10,11,12). The molecule has 0 heterocycles.